The van der Waals surface area contributed by atoms with E-state index in [1.54, 1.807) is 6.20 Å². The molecule has 2 atom stereocenters. The summed E-state index contributed by atoms with van der Waals surface area (Å²) in [6, 6.07) is 0.521. The zero-order chi connectivity index (χ0) is 12.2. The van der Waals surface area contributed by atoms with E-state index in [9.17, 15) is 0 Å². The summed E-state index contributed by atoms with van der Waals surface area (Å²) >= 11 is 0. The SMILES string of the molecule is C1=CCC(n2ccnn2)CCC(C2CCCC2)C1. The molecule has 0 N–H and O–H groups in total. The van der Waals surface area contributed by atoms with Gasteiger partial charge in [0.15, 0.2) is 0 Å². The van der Waals surface area contributed by atoms with Gasteiger partial charge in [-0.1, -0.05) is 43.0 Å². The van der Waals surface area contributed by atoms with Crippen molar-refractivity contribution in [3.8, 4) is 0 Å². The minimum Gasteiger partial charge on any atom is -0.249 e. The quantitative estimate of drug-likeness (QED) is 0.743. The van der Waals surface area contributed by atoms with Crippen molar-refractivity contribution in [1.82, 2.24) is 15.0 Å². The molecule has 0 radical (unpaired) electrons. The fourth-order valence-corrected chi connectivity index (χ4v) is 3.68. The molecule has 1 fully saturated rings. The second-order valence-corrected chi connectivity index (χ2v) is 5.86. The summed E-state index contributed by atoms with van der Waals surface area (Å²) in [6.45, 7) is 0. The van der Waals surface area contributed by atoms with E-state index in [0.717, 1.165) is 18.3 Å². The third kappa shape index (κ3) is 2.65. The fourth-order valence-electron chi connectivity index (χ4n) is 3.68. The van der Waals surface area contributed by atoms with Crippen LogP contribution in [-0.2, 0) is 0 Å². The van der Waals surface area contributed by atoms with Crippen molar-refractivity contribution in [1.29, 1.82) is 0 Å². The predicted octanol–water partition coefficient (Wildman–Crippen LogP) is 3.76. The summed E-state index contributed by atoms with van der Waals surface area (Å²) in [6.07, 6.45) is 19.4. The van der Waals surface area contributed by atoms with Crippen LogP contribution in [0, 0.1) is 11.8 Å². The number of rotatable bonds is 2. The topological polar surface area (TPSA) is 30.7 Å². The van der Waals surface area contributed by atoms with E-state index >= 15 is 0 Å². The van der Waals surface area contributed by atoms with Crippen molar-refractivity contribution < 1.29 is 0 Å². The highest BCUT2D eigenvalue weighted by Gasteiger charge is 2.26. The van der Waals surface area contributed by atoms with Gasteiger partial charge >= 0.3 is 0 Å². The second kappa shape index (κ2) is 5.68. The molecule has 1 aromatic rings. The number of allylic oxidation sites excluding steroid dienone is 2. The minimum absolute atomic E-state index is 0.521. The van der Waals surface area contributed by atoms with Crippen LogP contribution in [0.1, 0.15) is 57.4 Å². The molecule has 98 valence electrons. The summed E-state index contributed by atoms with van der Waals surface area (Å²) in [7, 11) is 0. The molecule has 18 heavy (non-hydrogen) atoms. The molecule has 3 nitrogen and oxygen atoms in total. The van der Waals surface area contributed by atoms with E-state index < -0.39 is 0 Å². The molecule has 1 heterocycles. The van der Waals surface area contributed by atoms with E-state index in [1.807, 2.05) is 10.9 Å². The highest BCUT2D eigenvalue weighted by atomic mass is 15.4. The van der Waals surface area contributed by atoms with Gasteiger partial charge in [-0.2, -0.15) is 0 Å². The highest BCUT2D eigenvalue weighted by Crippen LogP contribution is 2.38. The third-order valence-electron chi connectivity index (χ3n) is 4.77. The van der Waals surface area contributed by atoms with Crippen molar-refractivity contribution in [2.24, 2.45) is 11.8 Å². The molecule has 1 saturated carbocycles. The molecule has 1 aromatic heterocycles. The summed E-state index contributed by atoms with van der Waals surface area (Å²) in [4.78, 5) is 0. The van der Waals surface area contributed by atoms with E-state index in [0.29, 0.717) is 6.04 Å². The molecule has 0 aromatic carbocycles. The van der Waals surface area contributed by atoms with Crippen LogP contribution in [0.25, 0.3) is 0 Å². The first kappa shape index (κ1) is 11.9. The molecule has 0 amide bonds. The summed E-state index contributed by atoms with van der Waals surface area (Å²) in [5.41, 5.74) is 0. The Morgan fingerprint density at radius 3 is 2.50 bits per heavy atom. The molecule has 0 aliphatic heterocycles. The van der Waals surface area contributed by atoms with Crippen molar-refractivity contribution in [3.05, 3.63) is 24.5 Å². The zero-order valence-corrected chi connectivity index (χ0v) is 11.0. The van der Waals surface area contributed by atoms with Crippen LogP contribution < -0.4 is 0 Å². The predicted molar refractivity (Wildman–Crippen MR) is 72.1 cm³/mol. The Kier molecular flexibility index (Phi) is 3.77. The average Bonchev–Trinajstić information content (AvgIpc) is 3.01. The maximum absolute atomic E-state index is 4.17. The molecule has 2 aliphatic carbocycles. The van der Waals surface area contributed by atoms with Crippen LogP contribution in [-0.4, -0.2) is 15.0 Å². The molecule has 3 heteroatoms. The molecule has 0 spiro atoms. The van der Waals surface area contributed by atoms with Crippen LogP contribution in [0.2, 0.25) is 0 Å². The number of aromatic nitrogens is 3. The fraction of sp³-hybridized carbons (Fsp3) is 0.733. The lowest BCUT2D eigenvalue weighted by molar-refractivity contribution is 0.278. The Morgan fingerprint density at radius 1 is 0.889 bits per heavy atom. The third-order valence-corrected chi connectivity index (χ3v) is 4.77. The lowest BCUT2D eigenvalue weighted by Gasteiger charge is -2.26. The average molecular weight is 245 g/mol. The van der Waals surface area contributed by atoms with Gasteiger partial charge in [0.1, 0.15) is 0 Å². The first-order valence-corrected chi connectivity index (χ1v) is 7.44. The minimum atomic E-state index is 0.521. The molecule has 2 aliphatic rings. The standard InChI is InChI=1S/C15H23N3/c1-2-6-13(5-1)14-7-3-4-8-15(10-9-14)18-12-11-16-17-18/h3-4,11-15H,1-2,5-10H2. The monoisotopic (exact) mass is 245 g/mol. The van der Waals surface area contributed by atoms with E-state index in [-0.39, 0.29) is 0 Å². The molecule has 0 saturated heterocycles. The van der Waals surface area contributed by atoms with E-state index in [2.05, 4.69) is 22.5 Å². The van der Waals surface area contributed by atoms with Gasteiger partial charge in [0.05, 0.1) is 12.2 Å². The van der Waals surface area contributed by atoms with Gasteiger partial charge in [-0.3, -0.25) is 0 Å². The van der Waals surface area contributed by atoms with Crippen molar-refractivity contribution in [3.63, 3.8) is 0 Å². The van der Waals surface area contributed by atoms with Gasteiger partial charge in [0.25, 0.3) is 0 Å². The Balaban J connectivity index is 1.65. The Bertz CT molecular complexity index is 376. The highest BCUT2D eigenvalue weighted by molar-refractivity contribution is 4.93. The van der Waals surface area contributed by atoms with Gasteiger partial charge < -0.3 is 0 Å². The maximum atomic E-state index is 4.17. The summed E-state index contributed by atoms with van der Waals surface area (Å²) in [5.74, 6) is 1.90. The van der Waals surface area contributed by atoms with Crippen molar-refractivity contribution in [2.45, 2.75) is 57.4 Å². The second-order valence-electron chi connectivity index (χ2n) is 5.86. The smallest absolute Gasteiger partial charge is 0.0693 e. The van der Waals surface area contributed by atoms with Gasteiger partial charge in [0, 0.05) is 6.20 Å². The number of nitrogens with zero attached hydrogens (tertiary/aromatic N) is 3. The van der Waals surface area contributed by atoms with Crippen LogP contribution in [0.15, 0.2) is 24.5 Å². The Morgan fingerprint density at radius 2 is 1.72 bits per heavy atom. The van der Waals surface area contributed by atoms with Gasteiger partial charge in [-0.25, -0.2) is 4.68 Å². The first-order valence-electron chi connectivity index (χ1n) is 7.44. The van der Waals surface area contributed by atoms with Crippen LogP contribution in [0.4, 0.5) is 0 Å². The summed E-state index contributed by atoms with van der Waals surface area (Å²) in [5, 5.41) is 8.10. The molecule has 2 unspecified atom stereocenters. The lowest BCUT2D eigenvalue weighted by Crippen LogP contribution is -2.17. The van der Waals surface area contributed by atoms with Gasteiger partial charge in [-0.05, 0) is 37.5 Å². The molecular formula is C15H23N3. The van der Waals surface area contributed by atoms with Gasteiger partial charge in [-0.15, -0.1) is 5.10 Å². The van der Waals surface area contributed by atoms with Gasteiger partial charge in [0.2, 0.25) is 0 Å². The van der Waals surface area contributed by atoms with Crippen LogP contribution in [0.3, 0.4) is 0 Å². The maximum Gasteiger partial charge on any atom is 0.0693 e. The Labute approximate surface area is 109 Å². The van der Waals surface area contributed by atoms with Crippen LogP contribution >= 0.6 is 0 Å². The molecule has 3 rings (SSSR count). The van der Waals surface area contributed by atoms with Crippen molar-refractivity contribution >= 4 is 0 Å². The Hall–Kier alpha value is -1.12. The number of hydrogen-bond acceptors (Lipinski definition) is 2. The van der Waals surface area contributed by atoms with E-state index in [1.165, 1.54) is 44.9 Å². The molecule has 0 bridgehead atoms. The normalized spacial score (nSPS) is 30.2. The van der Waals surface area contributed by atoms with Crippen molar-refractivity contribution in [2.75, 3.05) is 0 Å². The number of hydrogen-bond donors (Lipinski definition) is 0. The largest absolute Gasteiger partial charge is 0.249 e. The summed E-state index contributed by atoms with van der Waals surface area (Å²) < 4.78 is 2.04. The molecular weight excluding hydrogens is 222 g/mol. The van der Waals surface area contributed by atoms with Crippen LogP contribution in [0.5, 0.6) is 0 Å². The lowest BCUT2D eigenvalue weighted by atomic mass is 9.82. The zero-order valence-electron chi connectivity index (χ0n) is 11.0. The first-order chi connectivity index (χ1) is 8.93. The van der Waals surface area contributed by atoms with E-state index in [4.69, 9.17) is 0 Å².